The third kappa shape index (κ3) is 2.59. The molecule has 0 N–H and O–H groups in total. The Kier molecular flexibility index (Phi) is 3.55. The maximum atomic E-state index is 12.1. The maximum Gasteiger partial charge on any atom is 0.270 e. The highest BCUT2D eigenvalue weighted by molar-refractivity contribution is 6.04. The Hall–Kier alpha value is -1.91. The van der Waals surface area contributed by atoms with E-state index in [2.05, 4.69) is 18.7 Å². The fourth-order valence-corrected chi connectivity index (χ4v) is 2.51. The van der Waals surface area contributed by atoms with Crippen molar-refractivity contribution in [1.29, 1.82) is 0 Å². The molecule has 0 aromatic heterocycles. The predicted octanol–water partition coefficient (Wildman–Crippen LogP) is 3.03. The number of anilines is 1. The number of nitro benzene ring substituents is 1. The number of rotatable bonds is 3. The molecule has 1 aromatic carbocycles. The first-order valence-electron chi connectivity index (χ1n) is 6.48. The third-order valence-electron chi connectivity index (χ3n) is 3.38. The van der Waals surface area contributed by atoms with Crippen LogP contribution in [0.1, 0.15) is 37.6 Å². The molecule has 0 saturated carbocycles. The molecule has 1 unspecified atom stereocenters. The Morgan fingerprint density at radius 1 is 1.47 bits per heavy atom. The van der Waals surface area contributed by atoms with E-state index in [0.717, 1.165) is 12.2 Å². The summed E-state index contributed by atoms with van der Waals surface area (Å²) in [5, 5.41) is 10.8. The van der Waals surface area contributed by atoms with Gasteiger partial charge in [0.2, 0.25) is 0 Å². The lowest BCUT2D eigenvalue weighted by Gasteiger charge is -2.37. The molecule has 2 rings (SSSR count). The van der Waals surface area contributed by atoms with Crippen molar-refractivity contribution in [2.75, 3.05) is 11.4 Å². The van der Waals surface area contributed by atoms with Crippen LogP contribution in [0.5, 0.6) is 0 Å². The summed E-state index contributed by atoms with van der Waals surface area (Å²) in [6.07, 6.45) is 0.418. The number of nitrogens with zero attached hydrogens (tertiary/aromatic N) is 2. The van der Waals surface area contributed by atoms with Crippen LogP contribution in [-0.2, 0) is 0 Å². The Balaban J connectivity index is 2.46. The molecule has 1 aromatic rings. The molecule has 102 valence electrons. The molecular weight excluding hydrogens is 244 g/mol. The fraction of sp³-hybridized carbons (Fsp3) is 0.500. The minimum atomic E-state index is -0.460. The van der Waals surface area contributed by atoms with Crippen LogP contribution >= 0.6 is 0 Å². The highest BCUT2D eigenvalue weighted by atomic mass is 16.6. The zero-order valence-electron chi connectivity index (χ0n) is 11.4. The van der Waals surface area contributed by atoms with Crippen molar-refractivity contribution >= 4 is 17.2 Å². The summed E-state index contributed by atoms with van der Waals surface area (Å²) < 4.78 is 0. The van der Waals surface area contributed by atoms with Gasteiger partial charge in [0.15, 0.2) is 5.78 Å². The van der Waals surface area contributed by atoms with Crippen LogP contribution in [0.4, 0.5) is 11.4 Å². The van der Waals surface area contributed by atoms with Gasteiger partial charge in [0.05, 0.1) is 4.92 Å². The highest BCUT2D eigenvalue weighted by Crippen LogP contribution is 2.33. The van der Waals surface area contributed by atoms with E-state index in [1.54, 1.807) is 6.07 Å². The summed E-state index contributed by atoms with van der Waals surface area (Å²) in [7, 11) is 0. The fourth-order valence-electron chi connectivity index (χ4n) is 2.51. The van der Waals surface area contributed by atoms with Crippen LogP contribution in [0.15, 0.2) is 18.2 Å². The molecule has 0 saturated heterocycles. The highest BCUT2D eigenvalue weighted by Gasteiger charge is 2.30. The second kappa shape index (κ2) is 4.99. The third-order valence-corrected chi connectivity index (χ3v) is 3.38. The maximum absolute atomic E-state index is 12.1. The number of nitro groups is 1. The van der Waals surface area contributed by atoms with Crippen LogP contribution in [0.3, 0.4) is 0 Å². The van der Waals surface area contributed by atoms with E-state index in [0.29, 0.717) is 17.9 Å². The Labute approximate surface area is 112 Å². The van der Waals surface area contributed by atoms with Crippen molar-refractivity contribution in [3.63, 3.8) is 0 Å². The molecule has 1 aliphatic rings. The molecule has 0 aliphatic carbocycles. The molecule has 1 heterocycles. The number of fused-ring (bicyclic) bond motifs is 1. The molecule has 5 nitrogen and oxygen atoms in total. The molecule has 0 radical (unpaired) electrons. The van der Waals surface area contributed by atoms with E-state index < -0.39 is 4.92 Å². The first-order valence-corrected chi connectivity index (χ1v) is 6.48. The van der Waals surface area contributed by atoms with Gasteiger partial charge in [0, 0.05) is 42.4 Å². The van der Waals surface area contributed by atoms with Gasteiger partial charge in [0.1, 0.15) is 0 Å². The van der Waals surface area contributed by atoms with E-state index in [1.807, 2.05) is 6.92 Å². The number of Topliss-reactive ketones (excluding diaryl/α,β-unsaturated/α-hetero) is 1. The molecule has 0 bridgehead atoms. The van der Waals surface area contributed by atoms with Crippen LogP contribution in [-0.4, -0.2) is 23.3 Å². The largest absolute Gasteiger partial charge is 0.368 e. The van der Waals surface area contributed by atoms with Crippen molar-refractivity contribution in [3.05, 3.63) is 33.9 Å². The second-order valence-corrected chi connectivity index (χ2v) is 5.48. The zero-order chi connectivity index (χ0) is 14.2. The van der Waals surface area contributed by atoms with Crippen molar-refractivity contribution in [2.24, 2.45) is 5.92 Å². The van der Waals surface area contributed by atoms with Gasteiger partial charge < -0.3 is 4.90 Å². The summed E-state index contributed by atoms with van der Waals surface area (Å²) in [4.78, 5) is 24.6. The summed E-state index contributed by atoms with van der Waals surface area (Å²) in [6, 6.07) is 4.71. The SMILES string of the molecule is CC(C)CN1c2ccc([N+](=O)[O-])cc2C(=O)CC1C. The van der Waals surface area contributed by atoms with Gasteiger partial charge in [0.25, 0.3) is 5.69 Å². The Bertz CT molecular complexity index is 525. The Morgan fingerprint density at radius 3 is 2.74 bits per heavy atom. The van der Waals surface area contributed by atoms with Crippen molar-refractivity contribution in [2.45, 2.75) is 33.2 Å². The van der Waals surface area contributed by atoms with Gasteiger partial charge in [-0.25, -0.2) is 0 Å². The van der Waals surface area contributed by atoms with E-state index in [4.69, 9.17) is 0 Å². The Morgan fingerprint density at radius 2 is 2.16 bits per heavy atom. The smallest absolute Gasteiger partial charge is 0.270 e. The average molecular weight is 262 g/mol. The van der Waals surface area contributed by atoms with E-state index in [9.17, 15) is 14.9 Å². The first kappa shape index (κ1) is 13.5. The van der Waals surface area contributed by atoms with Gasteiger partial charge in [-0.05, 0) is 18.9 Å². The van der Waals surface area contributed by atoms with Crippen LogP contribution in [0, 0.1) is 16.0 Å². The van der Waals surface area contributed by atoms with Crippen molar-refractivity contribution in [3.8, 4) is 0 Å². The first-order chi connectivity index (χ1) is 8.90. The molecule has 0 amide bonds. The molecule has 1 aliphatic heterocycles. The normalized spacial score (nSPS) is 18.6. The van der Waals surface area contributed by atoms with Crippen LogP contribution < -0.4 is 4.90 Å². The summed E-state index contributed by atoms with van der Waals surface area (Å²) in [5.41, 5.74) is 1.28. The molecule has 1 atom stereocenters. The lowest BCUT2D eigenvalue weighted by atomic mass is 9.94. The summed E-state index contributed by atoms with van der Waals surface area (Å²) in [6.45, 7) is 7.10. The van der Waals surface area contributed by atoms with Crippen molar-refractivity contribution < 1.29 is 9.72 Å². The molecule has 0 fully saturated rings. The zero-order valence-corrected chi connectivity index (χ0v) is 11.4. The summed E-state index contributed by atoms with van der Waals surface area (Å²) in [5.74, 6) is 0.463. The van der Waals surface area contributed by atoms with Crippen LogP contribution in [0.2, 0.25) is 0 Å². The van der Waals surface area contributed by atoms with E-state index in [1.165, 1.54) is 12.1 Å². The number of carbonyl (C=O) groups excluding carboxylic acids is 1. The molecule has 19 heavy (non-hydrogen) atoms. The standard InChI is InChI=1S/C14H18N2O3/c1-9(2)8-15-10(3)6-14(17)12-7-11(16(18)19)4-5-13(12)15/h4-5,7,9-10H,6,8H2,1-3H3. The molecule has 0 spiro atoms. The quantitative estimate of drug-likeness (QED) is 0.620. The van der Waals surface area contributed by atoms with Gasteiger partial charge >= 0.3 is 0 Å². The van der Waals surface area contributed by atoms with Gasteiger partial charge in [-0.1, -0.05) is 13.8 Å². The van der Waals surface area contributed by atoms with Crippen molar-refractivity contribution in [1.82, 2.24) is 0 Å². The summed E-state index contributed by atoms with van der Waals surface area (Å²) >= 11 is 0. The number of hydrogen-bond acceptors (Lipinski definition) is 4. The lowest BCUT2D eigenvalue weighted by Crippen LogP contribution is -2.41. The number of carbonyl (C=O) groups is 1. The second-order valence-electron chi connectivity index (χ2n) is 5.48. The van der Waals surface area contributed by atoms with Gasteiger partial charge in [-0.2, -0.15) is 0 Å². The van der Waals surface area contributed by atoms with Crippen LogP contribution in [0.25, 0.3) is 0 Å². The topological polar surface area (TPSA) is 63.4 Å². The average Bonchev–Trinajstić information content (AvgIpc) is 2.33. The minimum absolute atomic E-state index is 0.00814. The monoisotopic (exact) mass is 262 g/mol. The van der Waals surface area contributed by atoms with E-state index >= 15 is 0 Å². The molecule has 5 heteroatoms. The molecular formula is C14H18N2O3. The lowest BCUT2D eigenvalue weighted by molar-refractivity contribution is -0.384. The predicted molar refractivity (Wildman–Crippen MR) is 73.7 cm³/mol. The van der Waals surface area contributed by atoms with Gasteiger partial charge in [-0.3, -0.25) is 14.9 Å². The van der Waals surface area contributed by atoms with E-state index in [-0.39, 0.29) is 17.5 Å². The number of ketones is 1. The number of benzene rings is 1. The number of hydrogen-bond donors (Lipinski definition) is 0. The number of non-ortho nitro benzene ring substituents is 1. The van der Waals surface area contributed by atoms with Gasteiger partial charge in [-0.15, -0.1) is 0 Å². The minimum Gasteiger partial charge on any atom is -0.368 e.